The molecule has 4 nitrogen and oxygen atoms in total. The molecule has 1 aliphatic carbocycles. The van der Waals surface area contributed by atoms with E-state index in [1.807, 2.05) is 28.4 Å². The quantitative estimate of drug-likeness (QED) is 0.518. The van der Waals surface area contributed by atoms with Gasteiger partial charge in [0.1, 0.15) is 5.00 Å². The number of amides is 2. The number of carbonyl (C=O) groups is 1. The van der Waals surface area contributed by atoms with Crippen molar-refractivity contribution in [3.8, 4) is 5.00 Å². The lowest BCUT2D eigenvalue weighted by molar-refractivity contribution is 0.181. The third-order valence-electron chi connectivity index (χ3n) is 6.57. The molecular weight excluding hydrogens is 390 g/mol. The molecule has 2 aromatic heterocycles. The Balaban J connectivity index is 1.53. The molecule has 1 aromatic carbocycles. The Hall–Kier alpha value is -2.53. The van der Waals surface area contributed by atoms with Gasteiger partial charge in [0, 0.05) is 28.0 Å². The Labute approximate surface area is 182 Å². The number of fused-ring (bicyclic) bond motifs is 5. The van der Waals surface area contributed by atoms with Crippen molar-refractivity contribution in [1.29, 1.82) is 0 Å². The lowest BCUT2D eigenvalue weighted by Gasteiger charge is -2.30. The van der Waals surface area contributed by atoms with Gasteiger partial charge in [-0.15, -0.1) is 11.3 Å². The minimum absolute atomic E-state index is 0.0116. The highest BCUT2D eigenvalue weighted by Crippen LogP contribution is 2.43. The van der Waals surface area contributed by atoms with Crippen LogP contribution in [0.3, 0.4) is 0 Å². The maximum absolute atomic E-state index is 13.5. The molecule has 1 atom stereocenters. The van der Waals surface area contributed by atoms with Crippen LogP contribution < -0.4 is 5.32 Å². The summed E-state index contributed by atoms with van der Waals surface area (Å²) >= 11 is 1.94. The van der Waals surface area contributed by atoms with Crippen LogP contribution in [-0.4, -0.2) is 15.5 Å². The minimum Gasteiger partial charge on any atom is -0.312 e. The van der Waals surface area contributed by atoms with Crippen LogP contribution in [-0.2, 0) is 25.8 Å². The van der Waals surface area contributed by atoms with Gasteiger partial charge in [-0.05, 0) is 73.9 Å². The van der Waals surface area contributed by atoms with Crippen molar-refractivity contribution in [1.82, 2.24) is 9.47 Å². The average molecular weight is 420 g/mol. The number of hydrogen-bond donors (Lipinski definition) is 1. The highest BCUT2D eigenvalue weighted by molar-refractivity contribution is 7.15. The van der Waals surface area contributed by atoms with Gasteiger partial charge in [0.25, 0.3) is 0 Å². The van der Waals surface area contributed by atoms with Gasteiger partial charge in [0.2, 0.25) is 0 Å². The van der Waals surface area contributed by atoms with E-state index in [0.29, 0.717) is 6.54 Å². The minimum atomic E-state index is -0.0116. The number of aryl methyl sites for hydroxylation is 2. The first-order chi connectivity index (χ1) is 14.7. The van der Waals surface area contributed by atoms with Crippen molar-refractivity contribution in [2.45, 2.75) is 65.0 Å². The fraction of sp³-hybridized carbons (Fsp3) is 0.400. The number of hydrogen-bond acceptors (Lipinski definition) is 2. The van der Waals surface area contributed by atoms with Crippen LogP contribution in [0.1, 0.15) is 66.4 Å². The number of nitrogens with one attached hydrogen (secondary N) is 1. The Bertz CT molecular complexity index is 1060. The largest absolute Gasteiger partial charge is 0.322 e. The summed E-state index contributed by atoms with van der Waals surface area (Å²) in [6.45, 7) is 5.00. The maximum Gasteiger partial charge on any atom is 0.322 e. The van der Waals surface area contributed by atoms with Crippen molar-refractivity contribution < 1.29 is 4.79 Å². The predicted octanol–water partition coefficient (Wildman–Crippen LogP) is 6.48. The molecule has 0 bridgehead atoms. The fourth-order valence-electron chi connectivity index (χ4n) is 4.93. The molecule has 0 fully saturated rings. The summed E-state index contributed by atoms with van der Waals surface area (Å²) in [5.41, 5.74) is 6.22. The number of carbonyl (C=O) groups excluding carboxylic acids is 1. The van der Waals surface area contributed by atoms with E-state index in [-0.39, 0.29) is 12.1 Å². The zero-order valence-electron chi connectivity index (χ0n) is 17.8. The molecule has 1 aliphatic heterocycles. The standard InChI is InChI=1S/C25H29N3OS/c1-3-17-11-13-18(14-12-17)26-25(29)28-16-20-19-8-5-6-10-23(19)30-24(20)27-15-7-9-22(27)21(28)4-2/h7,9,11-15,21H,3-6,8,10,16H2,1-2H3,(H,26,29). The summed E-state index contributed by atoms with van der Waals surface area (Å²) in [7, 11) is 0. The topological polar surface area (TPSA) is 37.3 Å². The van der Waals surface area contributed by atoms with Crippen molar-refractivity contribution in [2.24, 2.45) is 0 Å². The van der Waals surface area contributed by atoms with E-state index in [1.54, 1.807) is 0 Å². The highest BCUT2D eigenvalue weighted by atomic mass is 32.1. The molecule has 0 saturated carbocycles. The van der Waals surface area contributed by atoms with E-state index in [2.05, 4.69) is 54.2 Å². The van der Waals surface area contributed by atoms with Crippen molar-refractivity contribution in [2.75, 3.05) is 5.32 Å². The van der Waals surface area contributed by atoms with Crippen molar-refractivity contribution in [3.63, 3.8) is 0 Å². The number of rotatable bonds is 3. The Kier molecular flexibility index (Phi) is 5.15. The van der Waals surface area contributed by atoms with Crippen LogP contribution in [0.4, 0.5) is 10.5 Å². The van der Waals surface area contributed by atoms with Crippen LogP contribution in [0.15, 0.2) is 42.6 Å². The number of anilines is 1. The van der Waals surface area contributed by atoms with Gasteiger partial charge in [-0.2, -0.15) is 0 Å². The number of urea groups is 1. The number of benzene rings is 1. The second kappa shape index (κ2) is 7.95. The Morgan fingerprint density at radius 3 is 2.67 bits per heavy atom. The molecule has 5 rings (SSSR count). The molecule has 0 radical (unpaired) electrons. The first-order valence-corrected chi connectivity index (χ1v) is 12.0. The van der Waals surface area contributed by atoms with Crippen LogP contribution in [0, 0.1) is 0 Å². The molecule has 1 N–H and O–H groups in total. The fourth-order valence-corrected chi connectivity index (χ4v) is 6.33. The number of aromatic nitrogens is 1. The van der Waals surface area contributed by atoms with Gasteiger partial charge in [-0.1, -0.05) is 26.0 Å². The lowest BCUT2D eigenvalue weighted by atomic mass is 9.95. The van der Waals surface area contributed by atoms with E-state index in [1.165, 1.54) is 51.5 Å². The van der Waals surface area contributed by atoms with E-state index >= 15 is 0 Å². The van der Waals surface area contributed by atoms with Gasteiger partial charge in [-0.25, -0.2) is 4.79 Å². The molecule has 3 aromatic rings. The smallest absolute Gasteiger partial charge is 0.312 e. The van der Waals surface area contributed by atoms with E-state index in [0.717, 1.165) is 24.9 Å². The Morgan fingerprint density at radius 2 is 1.90 bits per heavy atom. The molecule has 2 amide bonds. The van der Waals surface area contributed by atoms with Gasteiger partial charge >= 0.3 is 6.03 Å². The van der Waals surface area contributed by atoms with Crippen LogP contribution >= 0.6 is 11.3 Å². The second-order valence-corrected chi connectivity index (χ2v) is 9.41. The second-order valence-electron chi connectivity index (χ2n) is 8.33. The molecule has 0 spiro atoms. The molecule has 5 heteroatoms. The molecule has 0 saturated heterocycles. The average Bonchev–Trinajstić information content (AvgIpc) is 3.36. The summed E-state index contributed by atoms with van der Waals surface area (Å²) in [6, 6.07) is 12.5. The van der Waals surface area contributed by atoms with E-state index in [4.69, 9.17) is 0 Å². The molecular formula is C25H29N3OS. The molecule has 156 valence electrons. The highest BCUT2D eigenvalue weighted by Gasteiger charge is 2.34. The molecule has 3 heterocycles. The summed E-state index contributed by atoms with van der Waals surface area (Å²) in [6.07, 6.45) is 8.91. The van der Waals surface area contributed by atoms with Gasteiger partial charge in [0.15, 0.2) is 0 Å². The van der Waals surface area contributed by atoms with Crippen molar-refractivity contribution >= 4 is 23.1 Å². The first kappa shape index (κ1) is 19.4. The zero-order valence-corrected chi connectivity index (χ0v) is 18.6. The summed E-state index contributed by atoms with van der Waals surface area (Å²) in [5.74, 6) is 0. The van der Waals surface area contributed by atoms with Crippen LogP contribution in [0.5, 0.6) is 0 Å². The van der Waals surface area contributed by atoms with Gasteiger partial charge in [-0.3, -0.25) is 0 Å². The number of thiophene rings is 1. The van der Waals surface area contributed by atoms with Crippen molar-refractivity contribution in [3.05, 3.63) is 69.9 Å². The summed E-state index contributed by atoms with van der Waals surface area (Å²) in [5, 5.41) is 4.48. The van der Waals surface area contributed by atoms with E-state index in [9.17, 15) is 4.79 Å². The first-order valence-electron chi connectivity index (χ1n) is 11.2. The van der Waals surface area contributed by atoms with Gasteiger partial charge in [0.05, 0.1) is 12.6 Å². The SMILES string of the molecule is CCc1ccc(NC(=O)N2Cc3c(sc4c3CCCC4)-n3cccc3C2CC)cc1. The molecule has 30 heavy (non-hydrogen) atoms. The summed E-state index contributed by atoms with van der Waals surface area (Å²) in [4.78, 5) is 17.1. The summed E-state index contributed by atoms with van der Waals surface area (Å²) < 4.78 is 2.34. The Morgan fingerprint density at radius 1 is 1.10 bits per heavy atom. The molecule has 1 unspecified atom stereocenters. The van der Waals surface area contributed by atoms with Crippen LogP contribution in [0.25, 0.3) is 5.00 Å². The normalized spacial score (nSPS) is 17.7. The van der Waals surface area contributed by atoms with Crippen LogP contribution in [0.2, 0.25) is 0 Å². The zero-order chi connectivity index (χ0) is 20.7. The van der Waals surface area contributed by atoms with E-state index < -0.39 is 0 Å². The van der Waals surface area contributed by atoms with Gasteiger partial charge < -0.3 is 14.8 Å². The molecule has 2 aliphatic rings. The third kappa shape index (κ3) is 3.25. The monoisotopic (exact) mass is 419 g/mol. The number of nitrogens with zero attached hydrogens (tertiary/aromatic N) is 2. The lowest BCUT2D eigenvalue weighted by Crippen LogP contribution is -2.37. The third-order valence-corrected chi connectivity index (χ3v) is 7.90. The predicted molar refractivity (Wildman–Crippen MR) is 124 cm³/mol. The maximum atomic E-state index is 13.5.